The molecule has 0 aliphatic carbocycles. The molecule has 0 aromatic carbocycles. The largest absolute Gasteiger partial charge is 0.376 e. The number of aromatic amines is 2. The molecule has 8 heteroatoms. The van der Waals surface area contributed by atoms with Gasteiger partial charge in [-0.25, -0.2) is 4.79 Å². The van der Waals surface area contributed by atoms with Gasteiger partial charge >= 0.3 is 5.69 Å². The van der Waals surface area contributed by atoms with Gasteiger partial charge in [0.25, 0.3) is 5.91 Å². The predicted molar refractivity (Wildman–Crippen MR) is 69.2 cm³/mol. The number of ether oxygens (including phenoxy) is 1. The van der Waals surface area contributed by atoms with Crippen molar-refractivity contribution in [2.75, 3.05) is 6.61 Å². The van der Waals surface area contributed by atoms with Crippen LogP contribution in [0.2, 0.25) is 0 Å². The summed E-state index contributed by atoms with van der Waals surface area (Å²) >= 11 is 0. The zero-order valence-corrected chi connectivity index (χ0v) is 11.0. The average Bonchev–Trinajstić information content (AvgIpc) is 3.01. The first-order valence-electron chi connectivity index (χ1n) is 6.32. The van der Waals surface area contributed by atoms with Crippen molar-refractivity contribution in [3.63, 3.8) is 0 Å². The number of hydrogen-bond acceptors (Lipinski definition) is 4. The van der Waals surface area contributed by atoms with Gasteiger partial charge in [0, 0.05) is 30.9 Å². The Kier molecular flexibility index (Phi) is 3.15. The van der Waals surface area contributed by atoms with E-state index in [1.807, 2.05) is 0 Å². The molecule has 1 aliphatic rings. The lowest BCUT2D eigenvalue weighted by Gasteiger charge is -2.12. The minimum atomic E-state index is -0.320. The van der Waals surface area contributed by atoms with E-state index >= 15 is 0 Å². The van der Waals surface area contributed by atoms with Crippen molar-refractivity contribution in [1.29, 1.82) is 0 Å². The standard InChI is InChI=1S/C12H15N5O3/c1-17-10(5-14-12(17)19)11(18)13-4-9-7-6-20-3-2-8(7)15-16-9/h5H,2-4,6H2,1H3,(H,13,18)(H,14,19)(H,15,16). The number of nitrogens with zero attached hydrogens (tertiary/aromatic N) is 2. The van der Waals surface area contributed by atoms with Crippen molar-refractivity contribution < 1.29 is 9.53 Å². The van der Waals surface area contributed by atoms with Gasteiger partial charge in [0.1, 0.15) is 5.69 Å². The second-order valence-electron chi connectivity index (χ2n) is 4.65. The first-order chi connectivity index (χ1) is 9.66. The van der Waals surface area contributed by atoms with Crippen LogP contribution >= 0.6 is 0 Å². The fraction of sp³-hybridized carbons (Fsp3) is 0.417. The third-order valence-corrected chi connectivity index (χ3v) is 3.43. The smallest absolute Gasteiger partial charge is 0.325 e. The first-order valence-corrected chi connectivity index (χ1v) is 6.32. The molecule has 0 spiro atoms. The summed E-state index contributed by atoms with van der Waals surface area (Å²) in [5, 5.41) is 9.91. The van der Waals surface area contributed by atoms with Gasteiger partial charge < -0.3 is 15.0 Å². The van der Waals surface area contributed by atoms with Crippen molar-refractivity contribution in [3.8, 4) is 0 Å². The van der Waals surface area contributed by atoms with Crippen LogP contribution in [0.5, 0.6) is 0 Å². The van der Waals surface area contributed by atoms with Gasteiger partial charge in [-0.05, 0) is 0 Å². The molecule has 2 aromatic heterocycles. The van der Waals surface area contributed by atoms with Gasteiger partial charge in [0.15, 0.2) is 0 Å². The normalized spacial score (nSPS) is 14.1. The molecule has 0 saturated heterocycles. The number of hydrogen-bond donors (Lipinski definition) is 3. The van der Waals surface area contributed by atoms with E-state index in [9.17, 15) is 9.59 Å². The fourth-order valence-electron chi connectivity index (χ4n) is 2.22. The third kappa shape index (κ3) is 2.14. The number of fused-ring (bicyclic) bond motifs is 1. The summed E-state index contributed by atoms with van der Waals surface area (Å²) in [6.07, 6.45) is 2.20. The maximum Gasteiger partial charge on any atom is 0.325 e. The molecule has 0 atom stereocenters. The molecular formula is C12H15N5O3. The topological polar surface area (TPSA) is 105 Å². The SMILES string of the molecule is Cn1c(C(=O)NCc2n[nH]c3c2COCC3)c[nH]c1=O. The zero-order valence-electron chi connectivity index (χ0n) is 11.0. The molecule has 106 valence electrons. The molecule has 8 nitrogen and oxygen atoms in total. The van der Waals surface area contributed by atoms with Crippen molar-refractivity contribution in [2.45, 2.75) is 19.6 Å². The predicted octanol–water partition coefficient (Wildman–Crippen LogP) is -0.561. The van der Waals surface area contributed by atoms with E-state index in [1.54, 1.807) is 0 Å². The quantitative estimate of drug-likeness (QED) is 0.699. The van der Waals surface area contributed by atoms with Crippen molar-refractivity contribution in [1.82, 2.24) is 25.1 Å². The van der Waals surface area contributed by atoms with Crippen LogP contribution in [-0.2, 0) is 31.4 Å². The van der Waals surface area contributed by atoms with E-state index in [0.717, 1.165) is 23.4 Å². The van der Waals surface area contributed by atoms with Crippen LogP contribution in [0.1, 0.15) is 27.4 Å². The average molecular weight is 277 g/mol. The molecule has 3 rings (SSSR count). The molecule has 0 fully saturated rings. The van der Waals surface area contributed by atoms with Gasteiger partial charge in [-0.1, -0.05) is 0 Å². The van der Waals surface area contributed by atoms with Crippen LogP contribution in [0, 0.1) is 0 Å². The Labute approximate surface area is 114 Å². The summed E-state index contributed by atoms with van der Waals surface area (Å²) in [5.41, 5.74) is 2.82. The van der Waals surface area contributed by atoms with Gasteiger partial charge in [-0.2, -0.15) is 5.10 Å². The summed E-state index contributed by atoms with van der Waals surface area (Å²) in [5.74, 6) is -0.320. The molecule has 3 heterocycles. The van der Waals surface area contributed by atoms with E-state index < -0.39 is 0 Å². The number of aromatic nitrogens is 4. The Morgan fingerprint density at radius 3 is 3.20 bits per heavy atom. The van der Waals surface area contributed by atoms with Crippen molar-refractivity contribution in [2.24, 2.45) is 7.05 Å². The van der Waals surface area contributed by atoms with E-state index in [2.05, 4.69) is 20.5 Å². The van der Waals surface area contributed by atoms with E-state index in [1.165, 1.54) is 17.8 Å². The van der Waals surface area contributed by atoms with Crippen LogP contribution in [0.15, 0.2) is 11.0 Å². The van der Waals surface area contributed by atoms with Gasteiger partial charge in [-0.15, -0.1) is 0 Å². The maximum atomic E-state index is 12.0. The van der Waals surface area contributed by atoms with Gasteiger partial charge in [0.2, 0.25) is 0 Å². The molecule has 2 aromatic rings. The fourth-order valence-corrected chi connectivity index (χ4v) is 2.22. The minimum Gasteiger partial charge on any atom is -0.376 e. The van der Waals surface area contributed by atoms with E-state index in [4.69, 9.17) is 4.74 Å². The van der Waals surface area contributed by atoms with Crippen molar-refractivity contribution in [3.05, 3.63) is 39.3 Å². The molecule has 1 amide bonds. The highest BCUT2D eigenvalue weighted by Crippen LogP contribution is 2.17. The highest BCUT2D eigenvalue weighted by Gasteiger charge is 2.18. The molecule has 0 radical (unpaired) electrons. The highest BCUT2D eigenvalue weighted by atomic mass is 16.5. The molecule has 20 heavy (non-hydrogen) atoms. The molecule has 1 aliphatic heterocycles. The number of imidazole rings is 1. The monoisotopic (exact) mass is 277 g/mol. The Morgan fingerprint density at radius 1 is 1.60 bits per heavy atom. The van der Waals surface area contributed by atoms with Gasteiger partial charge in [-0.3, -0.25) is 14.5 Å². The third-order valence-electron chi connectivity index (χ3n) is 3.43. The first kappa shape index (κ1) is 12.7. The van der Waals surface area contributed by atoms with Crippen LogP contribution in [0.3, 0.4) is 0 Å². The lowest BCUT2D eigenvalue weighted by atomic mass is 10.1. The Balaban J connectivity index is 1.71. The second kappa shape index (κ2) is 4.97. The van der Waals surface area contributed by atoms with Crippen LogP contribution in [0.25, 0.3) is 0 Å². The van der Waals surface area contributed by atoms with E-state index in [0.29, 0.717) is 19.8 Å². The minimum absolute atomic E-state index is 0.288. The molecule has 0 unspecified atom stereocenters. The zero-order chi connectivity index (χ0) is 14.1. The second-order valence-corrected chi connectivity index (χ2v) is 4.65. The number of rotatable bonds is 3. The van der Waals surface area contributed by atoms with Crippen molar-refractivity contribution >= 4 is 5.91 Å². The summed E-state index contributed by atoms with van der Waals surface area (Å²) in [7, 11) is 1.54. The number of carbonyl (C=O) groups excluding carboxylic acids is 1. The summed E-state index contributed by atoms with van der Waals surface area (Å²) in [6, 6.07) is 0. The Bertz CT molecular complexity index is 696. The van der Waals surface area contributed by atoms with Crippen LogP contribution in [0.4, 0.5) is 0 Å². The maximum absolute atomic E-state index is 12.0. The molecular weight excluding hydrogens is 262 g/mol. The number of amides is 1. The lowest BCUT2D eigenvalue weighted by Crippen LogP contribution is -2.27. The summed E-state index contributed by atoms with van der Waals surface area (Å²) in [4.78, 5) is 25.7. The summed E-state index contributed by atoms with van der Waals surface area (Å²) in [6.45, 7) is 1.50. The van der Waals surface area contributed by atoms with E-state index in [-0.39, 0.29) is 17.3 Å². The van der Waals surface area contributed by atoms with Gasteiger partial charge in [0.05, 0.1) is 25.5 Å². The Morgan fingerprint density at radius 2 is 2.45 bits per heavy atom. The number of carbonyl (C=O) groups is 1. The summed E-state index contributed by atoms with van der Waals surface area (Å²) < 4.78 is 6.65. The highest BCUT2D eigenvalue weighted by molar-refractivity contribution is 5.92. The Hall–Kier alpha value is -2.35. The molecule has 3 N–H and O–H groups in total. The number of nitrogens with one attached hydrogen (secondary N) is 3. The number of H-pyrrole nitrogens is 2. The molecule has 0 bridgehead atoms. The van der Waals surface area contributed by atoms with Crippen LogP contribution < -0.4 is 11.0 Å². The molecule has 0 saturated carbocycles. The van der Waals surface area contributed by atoms with Crippen LogP contribution in [-0.4, -0.2) is 32.3 Å². The lowest BCUT2D eigenvalue weighted by molar-refractivity contribution is 0.0939.